The van der Waals surface area contributed by atoms with Crippen LogP contribution in [-0.4, -0.2) is 30.1 Å². The van der Waals surface area contributed by atoms with Crippen LogP contribution in [0.5, 0.6) is 0 Å². The molecule has 0 radical (unpaired) electrons. The Morgan fingerprint density at radius 2 is 1.84 bits per heavy atom. The highest BCUT2D eigenvalue weighted by Crippen LogP contribution is 2.48. The molecule has 1 aliphatic carbocycles. The first kappa shape index (κ1) is 12.2. The van der Waals surface area contributed by atoms with Crippen molar-refractivity contribution in [2.75, 3.05) is 18.4 Å². The molecule has 2 aliphatic rings. The number of carboxylic acid groups (broad SMARTS) is 1. The molecule has 19 heavy (non-hydrogen) atoms. The highest BCUT2D eigenvalue weighted by molar-refractivity contribution is 5.93. The van der Waals surface area contributed by atoms with E-state index in [0.29, 0.717) is 12.8 Å². The zero-order chi connectivity index (χ0) is 13.5. The normalized spacial score (nSPS) is 20.4. The lowest BCUT2D eigenvalue weighted by molar-refractivity contribution is -0.140. The van der Waals surface area contributed by atoms with Crippen LogP contribution in [0.25, 0.3) is 0 Å². The van der Waals surface area contributed by atoms with Crippen molar-refractivity contribution < 1.29 is 14.7 Å². The minimum absolute atomic E-state index is 0.0193. The maximum Gasteiger partial charge on any atom is 0.314 e. The van der Waals surface area contributed by atoms with Crippen LogP contribution in [0.2, 0.25) is 0 Å². The van der Waals surface area contributed by atoms with E-state index >= 15 is 0 Å². The lowest BCUT2D eigenvalue weighted by Gasteiger charge is -2.25. The van der Waals surface area contributed by atoms with Crippen LogP contribution in [-0.2, 0) is 15.0 Å². The van der Waals surface area contributed by atoms with Gasteiger partial charge in [0.15, 0.2) is 0 Å². The van der Waals surface area contributed by atoms with E-state index < -0.39 is 11.4 Å². The SMILES string of the molecule is O=C(Nc1ccc(C2(C(=O)O)CC2)cc1)C1CNC1. The molecule has 100 valence electrons. The third-order valence-electron chi connectivity index (χ3n) is 4.02. The predicted molar refractivity (Wildman–Crippen MR) is 70.0 cm³/mol. The molecule has 3 rings (SSSR count). The second-order valence-corrected chi connectivity index (χ2v) is 5.31. The monoisotopic (exact) mass is 260 g/mol. The summed E-state index contributed by atoms with van der Waals surface area (Å²) in [6, 6.07) is 7.16. The van der Waals surface area contributed by atoms with Crippen molar-refractivity contribution in [2.45, 2.75) is 18.3 Å². The number of benzene rings is 1. The molecule has 1 aliphatic heterocycles. The maximum absolute atomic E-state index is 11.8. The number of carbonyl (C=O) groups excluding carboxylic acids is 1. The molecule has 1 aromatic rings. The largest absolute Gasteiger partial charge is 0.481 e. The molecule has 1 aromatic carbocycles. The Labute approximate surface area is 111 Å². The average molecular weight is 260 g/mol. The number of amides is 1. The summed E-state index contributed by atoms with van der Waals surface area (Å²) in [5, 5.41) is 15.1. The van der Waals surface area contributed by atoms with Crippen molar-refractivity contribution in [2.24, 2.45) is 5.92 Å². The lowest BCUT2D eigenvalue weighted by Crippen LogP contribution is -2.48. The first-order chi connectivity index (χ1) is 9.12. The highest BCUT2D eigenvalue weighted by atomic mass is 16.4. The molecule has 1 saturated carbocycles. The summed E-state index contributed by atoms with van der Waals surface area (Å²) in [5.41, 5.74) is 0.866. The van der Waals surface area contributed by atoms with Crippen LogP contribution in [0.1, 0.15) is 18.4 Å². The highest BCUT2D eigenvalue weighted by Gasteiger charge is 2.51. The van der Waals surface area contributed by atoms with Crippen molar-refractivity contribution in [1.82, 2.24) is 5.32 Å². The van der Waals surface area contributed by atoms with E-state index in [1.807, 2.05) is 0 Å². The van der Waals surface area contributed by atoms with E-state index in [4.69, 9.17) is 0 Å². The van der Waals surface area contributed by atoms with Crippen molar-refractivity contribution in [3.8, 4) is 0 Å². The molecule has 5 heteroatoms. The number of nitrogens with one attached hydrogen (secondary N) is 2. The van der Waals surface area contributed by atoms with E-state index in [1.54, 1.807) is 24.3 Å². The summed E-state index contributed by atoms with van der Waals surface area (Å²) in [6.45, 7) is 1.46. The van der Waals surface area contributed by atoms with E-state index in [0.717, 1.165) is 24.3 Å². The number of aliphatic carboxylic acids is 1. The zero-order valence-electron chi connectivity index (χ0n) is 10.5. The predicted octanol–water partition coefficient (Wildman–Crippen LogP) is 0.961. The van der Waals surface area contributed by atoms with Crippen LogP contribution >= 0.6 is 0 Å². The molecular weight excluding hydrogens is 244 g/mol. The molecule has 1 saturated heterocycles. The van der Waals surface area contributed by atoms with Gasteiger partial charge in [-0.1, -0.05) is 12.1 Å². The van der Waals surface area contributed by atoms with Gasteiger partial charge in [0.1, 0.15) is 0 Å². The van der Waals surface area contributed by atoms with Crippen LogP contribution in [0, 0.1) is 5.92 Å². The number of anilines is 1. The zero-order valence-corrected chi connectivity index (χ0v) is 10.5. The fraction of sp³-hybridized carbons (Fsp3) is 0.429. The number of carbonyl (C=O) groups is 2. The van der Waals surface area contributed by atoms with Gasteiger partial charge in [-0.05, 0) is 30.5 Å². The molecule has 0 bridgehead atoms. The number of carboxylic acids is 1. The van der Waals surface area contributed by atoms with E-state index in [1.165, 1.54) is 0 Å². The van der Waals surface area contributed by atoms with Crippen molar-refractivity contribution in [1.29, 1.82) is 0 Å². The van der Waals surface area contributed by atoms with Crippen LogP contribution in [0.15, 0.2) is 24.3 Å². The van der Waals surface area contributed by atoms with Crippen molar-refractivity contribution in [3.05, 3.63) is 29.8 Å². The molecule has 0 unspecified atom stereocenters. The van der Waals surface area contributed by atoms with Crippen LogP contribution in [0.3, 0.4) is 0 Å². The lowest BCUT2D eigenvalue weighted by atomic mass is 9.96. The van der Waals surface area contributed by atoms with Gasteiger partial charge in [0.2, 0.25) is 5.91 Å². The average Bonchev–Trinajstić information content (AvgIpc) is 3.08. The molecule has 1 amide bonds. The fourth-order valence-corrected chi connectivity index (χ4v) is 2.34. The Morgan fingerprint density at radius 3 is 2.26 bits per heavy atom. The second-order valence-electron chi connectivity index (χ2n) is 5.31. The molecule has 0 atom stereocenters. The molecule has 2 fully saturated rings. The van der Waals surface area contributed by atoms with Crippen LogP contribution in [0.4, 0.5) is 5.69 Å². The molecule has 0 spiro atoms. The Bertz CT molecular complexity index is 516. The van der Waals surface area contributed by atoms with Gasteiger partial charge in [0.05, 0.1) is 11.3 Å². The third-order valence-corrected chi connectivity index (χ3v) is 4.02. The summed E-state index contributed by atoms with van der Waals surface area (Å²) in [5.74, 6) is -0.691. The fourth-order valence-electron chi connectivity index (χ4n) is 2.34. The molecule has 3 N–H and O–H groups in total. The van der Waals surface area contributed by atoms with Gasteiger partial charge in [-0.25, -0.2) is 0 Å². The van der Waals surface area contributed by atoms with Crippen molar-refractivity contribution >= 4 is 17.6 Å². The van der Waals surface area contributed by atoms with E-state index in [2.05, 4.69) is 10.6 Å². The molecular formula is C14H16N2O3. The third kappa shape index (κ3) is 2.10. The van der Waals surface area contributed by atoms with E-state index in [-0.39, 0.29) is 11.8 Å². The van der Waals surface area contributed by atoms with Crippen LogP contribution < -0.4 is 10.6 Å². The van der Waals surface area contributed by atoms with Gasteiger partial charge in [-0.2, -0.15) is 0 Å². The summed E-state index contributed by atoms with van der Waals surface area (Å²) in [4.78, 5) is 23.0. The maximum atomic E-state index is 11.8. The Morgan fingerprint density at radius 1 is 1.21 bits per heavy atom. The van der Waals surface area contributed by atoms with Gasteiger partial charge in [0, 0.05) is 18.8 Å². The summed E-state index contributed by atoms with van der Waals surface area (Å²) in [7, 11) is 0. The smallest absolute Gasteiger partial charge is 0.314 e. The Hall–Kier alpha value is -1.88. The molecule has 1 heterocycles. The number of rotatable bonds is 4. The Balaban J connectivity index is 1.69. The minimum atomic E-state index is -0.759. The number of hydrogen-bond donors (Lipinski definition) is 3. The van der Waals surface area contributed by atoms with Gasteiger partial charge in [-0.3, -0.25) is 9.59 Å². The molecule has 5 nitrogen and oxygen atoms in total. The summed E-state index contributed by atoms with van der Waals surface area (Å²) >= 11 is 0. The summed E-state index contributed by atoms with van der Waals surface area (Å²) in [6.07, 6.45) is 1.39. The quantitative estimate of drug-likeness (QED) is 0.753. The van der Waals surface area contributed by atoms with E-state index in [9.17, 15) is 14.7 Å². The van der Waals surface area contributed by atoms with Gasteiger partial charge in [0.25, 0.3) is 0 Å². The minimum Gasteiger partial charge on any atom is -0.481 e. The van der Waals surface area contributed by atoms with Crippen molar-refractivity contribution in [3.63, 3.8) is 0 Å². The first-order valence-corrected chi connectivity index (χ1v) is 6.47. The van der Waals surface area contributed by atoms with Gasteiger partial charge >= 0.3 is 5.97 Å². The summed E-state index contributed by atoms with van der Waals surface area (Å²) < 4.78 is 0. The second kappa shape index (κ2) is 4.35. The Kier molecular flexibility index (Phi) is 2.78. The standard InChI is InChI=1S/C14H16N2O3/c17-12(9-7-15-8-9)16-11-3-1-10(2-4-11)14(5-6-14)13(18)19/h1-4,9,15H,5-8H2,(H,16,17)(H,18,19). The number of hydrogen-bond acceptors (Lipinski definition) is 3. The first-order valence-electron chi connectivity index (χ1n) is 6.47. The molecule has 0 aromatic heterocycles. The topological polar surface area (TPSA) is 78.4 Å². The van der Waals surface area contributed by atoms with Gasteiger partial charge in [-0.15, -0.1) is 0 Å². The van der Waals surface area contributed by atoms with Gasteiger partial charge < -0.3 is 15.7 Å².